The average Bonchev–Trinajstić information content (AvgIpc) is 3.52. The molecule has 7 atom stereocenters. The van der Waals surface area contributed by atoms with Crippen LogP contribution in [-0.2, 0) is 24.0 Å². The number of hydrogen-bond acceptors (Lipinski definition) is 8. The predicted octanol–water partition coefficient (Wildman–Crippen LogP) is 1.56. The minimum Gasteiger partial charge on any atom is -0.477 e. The number of β-lactam (4-membered cyclic amide) rings is 1. The second-order valence-electron chi connectivity index (χ2n) is 10.9. The van der Waals surface area contributed by atoms with E-state index in [1.165, 1.54) is 23.6 Å². The standard InChI is InChI=1S/C26H34N4O6S/c1-13(8-14(2)31)20-21-15(3)23(22(26(35)36)30(21)25(20)34)37-18-10-19(28-11-18)24(33)29-7-5-16(12-29)9-17(32)4-6-27/h13,15-16,18-21,28H,4-5,7-12H2,1-3H3,(H,35,36)/t13-,15+,16+,18?,19?,20+,21-/m0/s1. The highest BCUT2D eigenvalue weighted by atomic mass is 32.2. The van der Waals surface area contributed by atoms with Crippen molar-refractivity contribution in [2.75, 3.05) is 19.6 Å². The first-order valence-corrected chi connectivity index (χ1v) is 13.8. The number of fused-ring (bicyclic) bond motifs is 1. The summed E-state index contributed by atoms with van der Waals surface area (Å²) in [5, 5.41) is 21.9. The van der Waals surface area contributed by atoms with E-state index in [-0.39, 0.29) is 76.5 Å². The van der Waals surface area contributed by atoms with E-state index in [2.05, 4.69) is 5.32 Å². The number of ketones is 2. The van der Waals surface area contributed by atoms with E-state index in [1.807, 2.05) is 19.9 Å². The number of carbonyl (C=O) groups is 5. The molecule has 11 heteroatoms. The molecule has 0 aliphatic carbocycles. The van der Waals surface area contributed by atoms with Gasteiger partial charge in [0.15, 0.2) is 0 Å². The van der Waals surface area contributed by atoms with Gasteiger partial charge in [0.25, 0.3) is 0 Å². The normalized spacial score (nSPS) is 31.7. The van der Waals surface area contributed by atoms with E-state index in [0.717, 1.165) is 6.42 Å². The van der Waals surface area contributed by atoms with Crippen LogP contribution in [0.1, 0.15) is 52.9 Å². The van der Waals surface area contributed by atoms with Gasteiger partial charge in [-0.25, -0.2) is 4.79 Å². The third-order valence-corrected chi connectivity index (χ3v) is 9.60. The molecule has 3 saturated heterocycles. The maximum atomic E-state index is 13.1. The number of nitrogens with one attached hydrogen (secondary N) is 1. The molecule has 0 radical (unpaired) electrons. The second kappa shape index (κ2) is 11.0. The lowest BCUT2D eigenvalue weighted by Gasteiger charge is -2.47. The molecule has 2 unspecified atom stereocenters. The number of carboxylic acid groups (broad SMARTS) is 1. The number of likely N-dealkylation sites (tertiary alicyclic amines) is 1. The van der Waals surface area contributed by atoms with E-state index in [4.69, 9.17) is 5.26 Å². The Morgan fingerprint density at radius 1 is 1.30 bits per heavy atom. The lowest BCUT2D eigenvalue weighted by molar-refractivity contribution is -0.160. The SMILES string of the molecule is CC(=O)C[C@H](C)[C@H]1C(=O)N2C(C(=O)O)=C(SC3CNC(C(=O)N4CC[C@H](CC(=O)CC#N)C4)C3)[C@H](C)[C@@H]12. The van der Waals surface area contributed by atoms with E-state index in [1.54, 1.807) is 4.90 Å². The minimum atomic E-state index is -1.13. The zero-order valence-electron chi connectivity index (χ0n) is 21.4. The third kappa shape index (κ3) is 5.32. The van der Waals surface area contributed by atoms with Gasteiger partial charge in [-0.1, -0.05) is 13.8 Å². The largest absolute Gasteiger partial charge is 0.477 e. The number of Topliss-reactive ketones (excluding diaryl/α,β-unsaturated/α-hetero) is 2. The van der Waals surface area contributed by atoms with Gasteiger partial charge in [0.1, 0.15) is 17.3 Å². The van der Waals surface area contributed by atoms with Gasteiger partial charge in [-0.2, -0.15) is 5.26 Å². The Morgan fingerprint density at radius 3 is 2.68 bits per heavy atom. The van der Waals surface area contributed by atoms with Crippen molar-refractivity contribution in [1.82, 2.24) is 15.1 Å². The van der Waals surface area contributed by atoms with Crippen LogP contribution in [0.25, 0.3) is 0 Å². The molecule has 200 valence electrons. The summed E-state index contributed by atoms with van der Waals surface area (Å²) < 4.78 is 0. The fourth-order valence-electron chi connectivity index (χ4n) is 6.41. The van der Waals surface area contributed by atoms with Crippen LogP contribution < -0.4 is 5.32 Å². The van der Waals surface area contributed by atoms with Crippen molar-refractivity contribution in [3.63, 3.8) is 0 Å². The van der Waals surface area contributed by atoms with Crippen molar-refractivity contribution in [1.29, 1.82) is 5.26 Å². The molecule has 3 fully saturated rings. The molecule has 0 saturated carbocycles. The fourth-order valence-corrected chi connectivity index (χ4v) is 7.89. The summed E-state index contributed by atoms with van der Waals surface area (Å²) in [7, 11) is 0. The number of carboxylic acids is 1. The molecule has 2 amide bonds. The predicted molar refractivity (Wildman–Crippen MR) is 135 cm³/mol. The van der Waals surface area contributed by atoms with E-state index >= 15 is 0 Å². The zero-order chi connectivity index (χ0) is 27.0. The van der Waals surface area contributed by atoms with E-state index in [0.29, 0.717) is 43.8 Å². The average molecular weight is 531 g/mol. The molecule has 2 N–H and O–H groups in total. The number of nitrogens with zero attached hydrogens (tertiary/aromatic N) is 3. The molecule has 0 spiro atoms. The van der Waals surface area contributed by atoms with Gasteiger partial charge in [0.05, 0.1) is 30.5 Å². The first kappa shape index (κ1) is 27.3. The Morgan fingerprint density at radius 2 is 2.03 bits per heavy atom. The van der Waals surface area contributed by atoms with Crippen LogP contribution in [0.15, 0.2) is 10.6 Å². The molecular formula is C26H34N4O6S. The van der Waals surface area contributed by atoms with Crippen LogP contribution in [0.5, 0.6) is 0 Å². The lowest BCUT2D eigenvalue weighted by Crippen LogP contribution is -2.62. The highest BCUT2D eigenvalue weighted by Gasteiger charge is 2.60. The van der Waals surface area contributed by atoms with E-state index in [9.17, 15) is 29.1 Å². The first-order valence-electron chi connectivity index (χ1n) is 12.9. The molecule has 4 rings (SSSR count). The van der Waals surface area contributed by atoms with Gasteiger partial charge >= 0.3 is 5.97 Å². The Balaban J connectivity index is 1.37. The first-order chi connectivity index (χ1) is 17.5. The van der Waals surface area contributed by atoms with E-state index < -0.39 is 5.97 Å². The van der Waals surface area contributed by atoms with Gasteiger partial charge in [0.2, 0.25) is 11.8 Å². The molecule has 0 aromatic carbocycles. The minimum absolute atomic E-state index is 0.0104. The molecule has 4 aliphatic rings. The molecule has 37 heavy (non-hydrogen) atoms. The maximum Gasteiger partial charge on any atom is 0.353 e. The van der Waals surface area contributed by atoms with Crippen LogP contribution >= 0.6 is 11.8 Å². The molecule has 0 aromatic heterocycles. The van der Waals surface area contributed by atoms with Gasteiger partial charge in [-0.05, 0) is 31.6 Å². The van der Waals surface area contributed by atoms with Crippen molar-refractivity contribution in [2.45, 2.75) is 70.2 Å². The number of carbonyl (C=O) groups excluding carboxylic acids is 4. The van der Waals surface area contributed by atoms with Crippen LogP contribution in [-0.4, -0.2) is 81.2 Å². The number of nitriles is 1. The number of hydrogen-bond donors (Lipinski definition) is 2. The summed E-state index contributed by atoms with van der Waals surface area (Å²) >= 11 is 1.44. The summed E-state index contributed by atoms with van der Waals surface area (Å²) in [6, 6.07) is 1.24. The lowest BCUT2D eigenvalue weighted by atomic mass is 9.73. The van der Waals surface area contributed by atoms with Crippen LogP contribution in [0, 0.1) is 35.0 Å². The number of amides is 2. The van der Waals surface area contributed by atoms with Gasteiger partial charge in [-0.15, -0.1) is 11.8 Å². The highest BCUT2D eigenvalue weighted by molar-refractivity contribution is 8.03. The topological polar surface area (TPSA) is 148 Å². The molecule has 10 nitrogen and oxygen atoms in total. The van der Waals surface area contributed by atoms with Crippen LogP contribution in [0.3, 0.4) is 0 Å². The molecule has 4 aliphatic heterocycles. The monoisotopic (exact) mass is 530 g/mol. The zero-order valence-corrected chi connectivity index (χ0v) is 22.3. The highest BCUT2D eigenvalue weighted by Crippen LogP contribution is 2.53. The molecule has 0 aromatic rings. The van der Waals surface area contributed by atoms with Crippen LogP contribution in [0.2, 0.25) is 0 Å². The Labute approximate surface area is 220 Å². The van der Waals surface area contributed by atoms with Crippen molar-refractivity contribution in [3.05, 3.63) is 10.6 Å². The summed E-state index contributed by atoms with van der Waals surface area (Å²) in [6.45, 7) is 6.96. The summed E-state index contributed by atoms with van der Waals surface area (Å²) in [4.78, 5) is 65.5. The smallest absolute Gasteiger partial charge is 0.353 e. The van der Waals surface area contributed by atoms with Crippen molar-refractivity contribution < 1.29 is 29.1 Å². The Hall–Kier alpha value is -2.71. The molecule has 0 bridgehead atoms. The van der Waals surface area contributed by atoms with Crippen molar-refractivity contribution in [2.24, 2.45) is 23.7 Å². The summed E-state index contributed by atoms with van der Waals surface area (Å²) in [5.74, 6) is -2.05. The second-order valence-corrected chi connectivity index (χ2v) is 12.2. The number of rotatable bonds is 10. The summed E-state index contributed by atoms with van der Waals surface area (Å²) in [5.41, 5.74) is 0.0398. The van der Waals surface area contributed by atoms with Gasteiger partial charge in [-0.3, -0.25) is 14.4 Å². The Bertz CT molecular complexity index is 1080. The Kier molecular flexibility index (Phi) is 8.09. The van der Waals surface area contributed by atoms with Gasteiger partial charge in [0, 0.05) is 48.5 Å². The number of aliphatic carboxylic acids is 1. The maximum absolute atomic E-state index is 13.1. The molecule has 4 heterocycles. The summed E-state index contributed by atoms with van der Waals surface area (Å²) in [6.07, 6.45) is 1.80. The third-order valence-electron chi connectivity index (χ3n) is 8.09. The van der Waals surface area contributed by atoms with Crippen molar-refractivity contribution in [3.8, 4) is 6.07 Å². The number of thioether (sulfide) groups is 1. The van der Waals surface area contributed by atoms with Gasteiger partial charge < -0.3 is 25.0 Å². The fraction of sp³-hybridized carbons (Fsp3) is 0.692. The van der Waals surface area contributed by atoms with Crippen LogP contribution in [0.4, 0.5) is 0 Å². The quantitative estimate of drug-likeness (QED) is 0.401. The van der Waals surface area contributed by atoms with Crippen molar-refractivity contribution >= 4 is 41.1 Å². The molecular weight excluding hydrogens is 496 g/mol.